The number of ether oxygens (including phenoxy) is 1. The lowest BCUT2D eigenvalue weighted by atomic mass is 9.65. The fourth-order valence-corrected chi connectivity index (χ4v) is 2.79. The van der Waals surface area contributed by atoms with E-state index in [-0.39, 0.29) is 5.97 Å². The second-order valence-corrected chi connectivity index (χ2v) is 6.74. The summed E-state index contributed by atoms with van der Waals surface area (Å²) in [6.07, 6.45) is 8.20. The molecule has 3 atom stereocenters. The molecule has 0 saturated heterocycles. The van der Waals surface area contributed by atoms with Gasteiger partial charge in [0.1, 0.15) is 0 Å². The zero-order valence-electron chi connectivity index (χ0n) is 14.5. The van der Waals surface area contributed by atoms with Crippen molar-refractivity contribution >= 4 is 5.97 Å². The molecule has 0 aliphatic rings. The summed E-state index contributed by atoms with van der Waals surface area (Å²) in [7, 11) is 1.42. The van der Waals surface area contributed by atoms with Crippen molar-refractivity contribution in [3.05, 3.63) is 12.2 Å². The second-order valence-electron chi connectivity index (χ2n) is 6.74. The Bertz CT molecular complexity index is 305. The van der Waals surface area contributed by atoms with Crippen LogP contribution in [-0.2, 0) is 9.53 Å². The Morgan fingerprint density at radius 1 is 1.20 bits per heavy atom. The van der Waals surface area contributed by atoms with Crippen molar-refractivity contribution in [2.24, 2.45) is 23.2 Å². The third kappa shape index (κ3) is 6.11. The third-order valence-corrected chi connectivity index (χ3v) is 5.14. The number of esters is 1. The molecule has 3 unspecified atom stereocenters. The summed E-state index contributed by atoms with van der Waals surface area (Å²) in [5.74, 6) is 1.81. The smallest absolute Gasteiger partial charge is 0.330 e. The Balaban J connectivity index is 4.64. The fraction of sp³-hybridized carbons (Fsp3) is 0.833. The van der Waals surface area contributed by atoms with Gasteiger partial charge in [0.05, 0.1) is 7.11 Å². The number of methoxy groups -OCH3 is 1. The van der Waals surface area contributed by atoms with E-state index in [1.54, 1.807) is 6.08 Å². The van der Waals surface area contributed by atoms with Crippen LogP contribution in [0.25, 0.3) is 0 Å². The topological polar surface area (TPSA) is 26.3 Å². The van der Waals surface area contributed by atoms with E-state index >= 15 is 0 Å². The van der Waals surface area contributed by atoms with Crippen LogP contribution in [0, 0.1) is 23.2 Å². The van der Waals surface area contributed by atoms with E-state index in [4.69, 9.17) is 0 Å². The van der Waals surface area contributed by atoms with Crippen LogP contribution in [-0.4, -0.2) is 13.1 Å². The molecule has 0 aromatic rings. The van der Waals surface area contributed by atoms with Gasteiger partial charge in [0, 0.05) is 6.08 Å². The Hall–Kier alpha value is -0.790. The van der Waals surface area contributed by atoms with Gasteiger partial charge in [-0.2, -0.15) is 0 Å². The predicted molar refractivity (Wildman–Crippen MR) is 86.6 cm³/mol. The van der Waals surface area contributed by atoms with Crippen LogP contribution in [0.2, 0.25) is 0 Å². The Labute approximate surface area is 126 Å². The number of carbonyl (C=O) groups is 1. The number of carbonyl (C=O) groups excluding carboxylic acids is 1. The van der Waals surface area contributed by atoms with Gasteiger partial charge in [-0.15, -0.1) is 0 Å². The van der Waals surface area contributed by atoms with Gasteiger partial charge >= 0.3 is 5.97 Å². The van der Waals surface area contributed by atoms with Gasteiger partial charge in [-0.05, 0) is 36.0 Å². The van der Waals surface area contributed by atoms with Gasteiger partial charge in [-0.25, -0.2) is 4.79 Å². The van der Waals surface area contributed by atoms with Gasteiger partial charge in [-0.1, -0.05) is 60.5 Å². The molecule has 0 radical (unpaired) electrons. The fourth-order valence-electron chi connectivity index (χ4n) is 2.79. The van der Waals surface area contributed by atoms with Crippen LogP contribution in [0.15, 0.2) is 12.2 Å². The molecular formula is C18H34O2. The highest BCUT2D eigenvalue weighted by molar-refractivity contribution is 5.81. The first-order valence-corrected chi connectivity index (χ1v) is 8.03. The summed E-state index contributed by atoms with van der Waals surface area (Å²) in [4.78, 5) is 11.1. The van der Waals surface area contributed by atoms with Gasteiger partial charge in [0.25, 0.3) is 0 Å². The number of hydrogen-bond donors (Lipinski definition) is 0. The van der Waals surface area contributed by atoms with Crippen molar-refractivity contribution in [3.8, 4) is 0 Å². The summed E-state index contributed by atoms with van der Waals surface area (Å²) in [6.45, 7) is 14.0. The molecule has 0 aliphatic carbocycles. The standard InChI is InChI=1S/C18H34O2/c1-8-14(3)13-16(9-2)18(5,6)15(4)11-10-12-17(19)20-7/h10,12,14-16H,8-9,11,13H2,1-7H3. The van der Waals surface area contributed by atoms with E-state index in [0.29, 0.717) is 11.3 Å². The summed E-state index contributed by atoms with van der Waals surface area (Å²) in [5, 5.41) is 0. The molecule has 0 amide bonds. The minimum atomic E-state index is -0.262. The second kappa shape index (κ2) is 9.20. The zero-order chi connectivity index (χ0) is 15.8. The lowest BCUT2D eigenvalue weighted by Gasteiger charge is -2.40. The molecule has 0 aliphatic heterocycles. The van der Waals surface area contributed by atoms with Crippen molar-refractivity contribution < 1.29 is 9.53 Å². The van der Waals surface area contributed by atoms with E-state index < -0.39 is 0 Å². The van der Waals surface area contributed by atoms with E-state index in [9.17, 15) is 4.79 Å². The Kier molecular flexibility index (Phi) is 8.84. The van der Waals surface area contributed by atoms with Gasteiger partial charge in [0.15, 0.2) is 0 Å². The SMILES string of the molecule is CCC(C)CC(CC)C(C)(C)C(C)CC=CC(=O)OC. The van der Waals surface area contributed by atoms with Gasteiger partial charge < -0.3 is 4.74 Å². The molecule has 0 bridgehead atoms. The van der Waals surface area contributed by atoms with Gasteiger partial charge in [0.2, 0.25) is 0 Å². The molecule has 2 nitrogen and oxygen atoms in total. The largest absolute Gasteiger partial charge is 0.466 e. The Morgan fingerprint density at radius 3 is 2.25 bits per heavy atom. The van der Waals surface area contributed by atoms with E-state index in [0.717, 1.165) is 18.3 Å². The lowest BCUT2D eigenvalue weighted by molar-refractivity contribution is -0.134. The summed E-state index contributed by atoms with van der Waals surface area (Å²) < 4.78 is 4.63. The predicted octanol–water partition coefficient (Wildman–Crippen LogP) is 5.23. The molecule has 0 N–H and O–H groups in total. The van der Waals surface area contributed by atoms with Crippen molar-refractivity contribution in [2.45, 2.75) is 67.2 Å². The van der Waals surface area contributed by atoms with Crippen molar-refractivity contribution in [1.29, 1.82) is 0 Å². The highest BCUT2D eigenvalue weighted by Crippen LogP contribution is 2.42. The quantitative estimate of drug-likeness (QED) is 0.427. The highest BCUT2D eigenvalue weighted by atomic mass is 16.5. The van der Waals surface area contributed by atoms with Crippen LogP contribution < -0.4 is 0 Å². The summed E-state index contributed by atoms with van der Waals surface area (Å²) >= 11 is 0. The van der Waals surface area contributed by atoms with Crippen LogP contribution in [0.1, 0.15) is 67.2 Å². The van der Waals surface area contributed by atoms with Crippen LogP contribution in [0.5, 0.6) is 0 Å². The molecule has 0 aromatic heterocycles. The third-order valence-electron chi connectivity index (χ3n) is 5.14. The number of allylic oxidation sites excluding steroid dienone is 1. The van der Waals surface area contributed by atoms with Crippen LogP contribution in [0.4, 0.5) is 0 Å². The van der Waals surface area contributed by atoms with Crippen molar-refractivity contribution in [2.75, 3.05) is 7.11 Å². The first-order valence-electron chi connectivity index (χ1n) is 8.03. The minimum absolute atomic E-state index is 0.262. The molecule has 0 aromatic carbocycles. The zero-order valence-corrected chi connectivity index (χ0v) is 14.5. The van der Waals surface area contributed by atoms with Crippen molar-refractivity contribution in [1.82, 2.24) is 0 Å². The molecule has 2 heteroatoms. The lowest BCUT2D eigenvalue weighted by Crippen LogP contribution is -2.31. The maximum atomic E-state index is 11.1. The molecule has 0 fully saturated rings. The highest BCUT2D eigenvalue weighted by Gasteiger charge is 2.33. The summed E-state index contributed by atoms with van der Waals surface area (Å²) in [6, 6.07) is 0. The molecule has 118 valence electrons. The van der Waals surface area contributed by atoms with Crippen LogP contribution >= 0.6 is 0 Å². The maximum absolute atomic E-state index is 11.1. The molecule has 0 heterocycles. The Morgan fingerprint density at radius 2 is 1.80 bits per heavy atom. The van der Waals surface area contributed by atoms with E-state index in [2.05, 4.69) is 46.3 Å². The summed E-state index contributed by atoms with van der Waals surface area (Å²) in [5.41, 5.74) is 0.290. The minimum Gasteiger partial charge on any atom is -0.466 e. The van der Waals surface area contributed by atoms with E-state index in [1.807, 2.05) is 6.08 Å². The average molecular weight is 282 g/mol. The first kappa shape index (κ1) is 19.2. The normalized spacial score (nSPS) is 16.9. The molecule has 0 spiro atoms. The number of hydrogen-bond acceptors (Lipinski definition) is 2. The molecular weight excluding hydrogens is 248 g/mol. The molecule has 0 rings (SSSR count). The number of rotatable bonds is 9. The van der Waals surface area contributed by atoms with E-state index in [1.165, 1.54) is 26.4 Å². The monoisotopic (exact) mass is 282 g/mol. The van der Waals surface area contributed by atoms with Crippen LogP contribution in [0.3, 0.4) is 0 Å². The average Bonchev–Trinajstić information content (AvgIpc) is 2.43. The maximum Gasteiger partial charge on any atom is 0.330 e. The molecule has 0 saturated carbocycles. The molecule has 20 heavy (non-hydrogen) atoms. The van der Waals surface area contributed by atoms with Crippen molar-refractivity contribution in [3.63, 3.8) is 0 Å². The first-order chi connectivity index (χ1) is 9.29. The van der Waals surface area contributed by atoms with Gasteiger partial charge in [-0.3, -0.25) is 0 Å².